The second-order valence-corrected chi connectivity index (χ2v) is 5.24. The van der Waals surface area contributed by atoms with E-state index in [0.717, 1.165) is 36.5 Å². The van der Waals surface area contributed by atoms with Crippen LogP contribution < -0.4 is 5.32 Å². The number of benzene rings is 1. The molecule has 2 heterocycles. The first-order valence-corrected chi connectivity index (χ1v) is 7.40. The average Bonchev–Trinajstić information content (AvgIpc) is 2.94. The topological polar surface area (TPSA) is 42.7 Å². The minimum atomic E-state index is 0.851. The van der Waals surface area contributed by atoms with Crippen LogP contribution in [-0.2, 0) is 6.54 Å². The number of hydrogen-bond donors (Lipinski definition) is 1. The van der Waals surface area contributed by atoms with Crippen LogP contribution in [0.15, 0.2) is 42.6 Å². The molecule has 0 saturated carbocycles. The number of aromatic nitrogens is 3. The van der Waals surface area contributed by atoms with E-state index in [2.05, 4.69) is 41.6 Å². The van der Waals surface area contributed by atoms with Crippen LogP contribution in [0, 0.1) is 6.92 Å². The van der Waals surface area contributed by atoms with Gasteiger partial charge in [-0.3, -0.25) is 0 Å². The van der Waals surface area contributed by atoms with Crippen molar-refractivity contribution in [2.45, 2.75) is 26.8 Å². The van der Waals surface area contributed by atoms with Crippen LogP contribution >= 0.6 is 0 Å². The van der Waals surface area contributed by atoms with Crippen molar-refractivity contribution >= 4 is 10.9 Å². The SMILES string of the molecule is CCCNCc1cc(-n2ccc(C)n2)nc2ccccc12. The third-order valence-corrected chi connectivity index (χ3v) is 3.49. The van der Waals surface area contributed by atoms with Crippen LogP contribution in [0.2, 0.25) is 0 Å². The summed E-state index contributed by atoms with van der Waals surface area (Å²) in [4.78, 5) is 4.72. The van der Waals surface area contributed by atoms with Crippen LogP contribution in [0.5, 0.6) is 0 Å². The Morgan fingerprint density at radius 2 is 2.05 bits per heavy atom. The van der Waals surface area contributed by atoms with Gasteiger partial charge in [0.25, 0.3) is 0 Å². The molecular formula is C17H20N4. The Kier molecular flexibility index (Phi) is 3.97. The number of para-hydroxylation sites is 1. The van der Waals surface area contributed by atoms with E-state index < -0.39 is 0 Å². The quantitative estimate of drug-likeness (QED) is 0.730. The lowest BCUT2D eigenvalue weighted by Crippen LogP contribution is -2.14. The van der Waals surface area contributed by atoms with Crippen molar-refractivity contribution in [3.8, 4) is 5.82 Å². The minimum absolute atomic E-state index is 0.851. The van der Waals surface area contributed by atoms with Gasteiger partial charge in [0, 0.05) is 18.1 Å². The van der Waals surface area contributed by atoms with Gasteiger partial charge in [0.05, 0.1) is 11.2 Å². The van der Waals surface area contributed by atoms with Crippen LogP contribution in [0.1, 0.15) is 24.6 Å². The van der Waals surface area contributed by atoms with Gasteiger partial charge in [-0.05, 0) is 43.7 Å². The average molecular weight is 280 g/mol. The van der Waals surface area contributed by atoms with Crippen LogP contribution in [0.25, 0.3) is 16.7 Å². The summed E-state index contributed by atoms with van der Waals surface area (Å²) in [7, 11) is 0. The lowest BCUT2D eigenvalue weighted by Gasteiger charge is -2.10. The Hall–Kier alpha value is -2.20. The number of hydrogen-bond acceptors (Lipinski definition) is 3. The highest BCUT2D eigenvalue weighted by atomic mass is 15.3. The fourth-order valence-electron chi connectivity index (χ4n) is 2.44. The number of fused-ring (bicyclic) bond motifs is 1. The monoisotopic (exact) mass is 280 g/mol. The first-order chi connectivity index (χ1) is 10.3. The van der Waals surface area contributed by atoms with E-state index in [1.807, 2.05) is 29.9 Å². The van der Waals surface area contributed by atoms with Crippen molar-refractivity contribution in [2.75, 3.05) is 6.54 Å². The molecule has 2 aromatic heterocycles. The molecule has 1 aromatic carbocycles. The number of nitrogens with one attached hydrogen (secondary N) is 1. The molecule has 0 radical (unpaired) electrons. The zero-order chi connectivity index (χ0) is 14.7. The summed E-state index contributed by atoms with van der Waals surface area (Å²) >= 11 is 0. The third kappa shape index (κ3) is 2.95. The van der Waals surface area contributed by atoms with Crippen molar-refractivity contribution in [1.82, 2.24) is 20.1 Å². The van der Waals surface area contributed by atoms with Crippen molar-refractivity contribution in [3.63, 3.8) is 0 Å². The molecule has 0 spiro atoms. The summed E-state index contributed by atoms with van der Waals surface area (Å²) in [6.45, 7) is 6.04. The van der Waals surface area contributed by atoms with Crippen molar-refractivity contribution in [3.05, 3.63) is 53.9 Å². The molecule has 0 amide bonds. The van der Waals surface area contributed by atoms with Crippen molar-refractivity contribution in [1.29, 1.82) is 0 Å². The predicted molar refractivity (Wildman–Crippen MR) is 85.6 cm³/mol. The number of aryl methyl sites for hydroxylation is 1. The summed E-state index contributed by atoms with van der Waals surface area (Å²) in [5.41, 5.74) is 3.27. The molecule has 108 valence electrons. The molecule has 0 aliphatic heterocycles. The molecule has 0 aliphatic carbocycles. The molecule has 0 aliphatic rings. The summed E-state index contributed by atoms with van der Waals surface area (Å²) < 4.78 is 1.84. The van der Waals surface area contributed by atoms with Crippen LogP contribution in [0.4, 0.5) is 0 Å². The Morgan fingerprint density at radius 1 is 1.19 bits per heavy atom. The molecular weight excluding hydrogens is 260 g/mol. The van der Waals surface area contributed by atoms with Crippen molar-refractivity contribution in [2.24, 2.45) is 0 Å². The second kappa shape index (κ2) is 6.06. The van der Waals surface area contributed by atoms with Gasteiger partial charge in [-0.1, -0.05) is 25.1 Å². The summed E-state index contributed by atoms with van der Waals surface area (Å²) in [5.74, 6) is 0.870. The van der Waals surface area contributed by atoms with Gasteiger partial charge in [0.15, 0.2) is 5.82 Å². The van der Waals surface area contributed by atoms with Crippen LogP contribution in [-0.4, -0.2) is 21.3 Å². The smallest absolute Gasteiger partial charge is 0.154 e. The molecule has 4 heteroatoms. The van der Waals surface area contributed by atoms with E-state index in [1.165, 1.54) is 10.9 Å². The maximum absolute atomic E-state index is 4.72. The van der Waals surface area contributed by atoms with E-state index in [-0.39, 0.29) is 0 Å². The molecule has 1 N–H and O–H groups in total. The highest BCUT2D eigenvalue weighted by molar-refractivity contribution is 5.83. The van der Waals surface area contributed by atoms with Gasteiger partial charge in [-0.25, -0.2) is 9.67 Å². The van der Waals surface area contributed by atoms with E-state index in [9.17, 15) is 0 Å². The van der Waals surface area contributed by atoms with E-state index >= 15 is 0 Å². The molecule has 0 bridgehead atoms. The Labute approximate surface area is 124 Å². The Bertz CT molecular complexity index is 745. The van der Waals surface area contributed by atoms with Gasteiger partial charge >= 0.3 is 0 Å². The van der Waals surface area contributed by atoms with E-state index in [0.29, 0.717) is 0 Å². The lowest BCUT2D eigenvalue weighted by atomic mass is 10.1. The first-order valence-electron chi connectivity index (χ1n) is 7.40. The molecule has 0 saturated heterocycles. The highest BCUT2D eigenvalue weighted by Gasteiger charge is 2.07. The molecule has 0 atom stereocenters. The minimum Gasteiger partial charge on any atom is -0.313 e. The fourth-order valence-corrected chi connectivity index (χ4v) is 2.44. The zero-order valence-electron chi connectivity index (χ0n) is 12.5. The van der Waals surface area contributed by atoms with E-state index in [4.69, 9.17) is 4.98 Å². The zero-order valence-corrected chi connectivity index (χ0v) is 12.5. The standard InChI is InChI=1S/C17H20N4/c1-3-9-18-12-14-11-17(21-10-8-13(2)20-21)19-16-7-5-4-6-15(14)16/h4-8,10-11,18H,3,9,12H2,1-2H3. The first kappa shape index (κ1) is 13.8. The molecule has 3 aromatic rings. The van der Waals surface area contributed by atoms with E-state index in [1.54, 1.807) is 0 Å². The molecule has 0 fully saturated rings. The largest absolute Gasteiger partial charge is 0.313 e. The van der Waals surface area contributed by atoms with Gasteiger partial charge in [0.2, 0.25) is 0 Å². The number of pyridine rings is 1. The molecule has 0 unspecified atom stereocenters. The number of rotatable bonds is 5. The Morgan fingerprint density at radius 3 is 2.81 bits per heavy atom. The van der Waals surface area contributed by atoms with Gasteiger partial charge in [-0.15, -0.1) is 0 Å². The maximum atomic E-state index is 4.72. The van der Waals surface area contributed by atoms with Crippen molar-refractivity contribution < 1.29 is 0 Å². The summed E-state index contributed by atoms with van der Waals surface area (Å²) in [6.07, 6.45) is 3.09. The van der Waals surface area contributed by atoms with Gasteiger partial charge in [0.1, 0.15) is 0 Å². The highest BCUT2D eigenvalue weighted by Crippen LogP contribution is 2.20. The summed E-state index contributed by atoms with van der Waals surface area (Å²) in [6, 6.07) is 12.4. The summed E-state index contributed by atoms with van der Waals surface area (Å²) in [5, 5.41) is 9.13. The normalized spacial score (nSPS) is 11.1. The predicted octanol–water partition coefficient (Wildman–Crippen LogP) is 3.23. The third-order valence-electron chi connectivity index (χ3n) is 3.49. The second-order valence-electron chi connectivity index (χ2n) is 5.24. The number of nitrogens with zero attached hydrogens (tertiary/aromatic N) is 3. The Balaban J connectivity index is 2.05. The molecule has 21 heavy (non-hydrogen) atoms. The lowest BCUT2D eigenvalue weighted by molar-refractivity contribution is 0.677. The fraction of sp³-hybridized carbons (Fsp3) is 0.294. The van der Waals surface area contributed by atoms with Crippen LogP contribution in [0.3, 0.4) is 0 Å². The maximum Gasteiger partial charge on any atom is 0.154 e. The molecule has 3 rings (SSSR count). The van der Waals surface area contributed by atoms with Gasteiger partial charge < -0.3 is 5.32 Å². The van der Waals surface area contributed by atoms with Gasteiger partial charge in [-0.2, -0.15) is 5.10 Å². The molecule has 4 nitrogen and oxygen atoms in total.